The highest BCUT2D eigenvalue weighted by molar-refractivity contribution is 9.10. The maximum atomic E-state index is 12.7. The Morgan fingerprint density at radius 3 is 2.21 bits per heavy atom. The van der Waals surface area contributed by atoms with Gasteiger partial charge in [-0.1, -0.05) is 62.5 Å². The number of ketones is 1. The summed E-state index contributed by atoms with van der Waals surface area (Å²) in [6, 6.07) is 16.1. The molecule has 2 aromatic carbocycles. The highest BCUT2D eigenvalue weighted by Gasteiger charge is 2.31. The van der Waals surface area contributed by atoms with Crippen LogP contribution in [0.15, 0.2) is 57.5 Å². The van der Waals surface area contributed by atoms with Crippen molar-refractivity contribution in [3.05, 3.63) is 68.6 Å². The van der Waals surface area contributed by atoms with Crippen molar-refractivity contribution in [2.45, 2.75) is 50.1 Å². The van der Waals surface area contributed by atoms with Crippen molar-refractivity contribution >= 4 is 43.9 Å². The van der Waals surface area contributed by atoms with Gasteiger partial charge in [-0.15, -0.1) is 0 Å². The van der Waals surface area contributed by atoms with Gasteiger partial charge in [0.2, 0.25) is 0 Å². The standard InChI is InChI=1S/C23H25Br2NO2/c1-26-21(13-18(15-27)16-5-9-19(24)10-6-16)3-2-4-22(26)14-23(28)17-7-11-20(25)12-8-17/h5-12,15,18,21-22H,2-4,13-14H2,1H3. The SMILES string of the molecule is CN1C(CC(=O)c2ccc(Br)cc2)CCCC1CC(C=O)c1ccc(Br)cc1. The molecule has 0 N–H and O–H groups in total. The zero-order valence-corrected chi connectivity index (χ0v) is 19.2. The lowest BCUT2D eigenvalue weighted by atomic mass is 9.85. The Morgan fingerprint density at radius 2 is 1.61 bits per heavy atom. The molecule has 0 saturated carbocycles. The van der Waals surface area contributed by atoms with Crippen LogP contribution >= 0.6 is 31.9 Å². The van der Waals surface area contributed by atoms with E-state index in [-0.39, 0.29) is 17.7 Å². The maximum Gasteiger partial charge on any atom is 0.164 e. The van der Waals surface area contributed by atoms with Gasteiger partial charge in [-0.3, -0.25) is 9.69 Å². The molecule has 0 radical (unpaired) electrons. The third-order valence-corrected chi connectivity index (χ3v) is 6.86. The van der Waals surface area contributed by atoms with Crippen LogP contribution in [0, 0.1) is 0 Å². The predicted octanol–water partition coefficient (Wildman–Crippen LogP) is 6.01. The minimum absolute atomic E-state index is 0.110. The van der Waals surface area contributed by atoms with Crippen LogP contribution < -0.4 is 0 Å². The third-order valence-electron chi connectivity index (χ3n) is 5.80. The van der Waals surface area contributed by atoms with E-state index in [1.807, 2.05) is 48.5 Å². The molecule has 1 saturated heterocycles. The summed E-state index contributed by atoms with van der Waals surface area (Å²) in [5, 5.41) is 0. The van der Waals surface area contributed by atoms with Gasteiger partial charge in [-0.25, -0.2) is 0 Å². The Hall–Kier alpha value is -1.30. The van der Waals surface area contributed by atoms with E-state index in [1.165, 1.54) is 0 Å². The molecule has 1 aliphatic rings. The Morgan fingerprint density at radius 1 is 1.04 bits per heavy atom. The van der Waals surface area contributed by atoms with Gasteiger partial charge in [0, 0.05) is 38.9 Å². The molecule has 148 valence electrons. The molecular formula is C23H25Br2NO2. The summed E-state index contributed by atoms with van der Waals surface area (Å²) in [6.45, 7) is 0. The Balaban J connectivity index is 1.65. The van der Waals surface area contributed by atoms with Crippen molar-refractivity contribution < 1.29 is 9.59 Å². The smallest absolute Gasteiger partial charge is 0.164 e. The molecule has 0 bridgehead atoms. The molecule has 1 heterocycles. The molecule has 3 nitrogen and oxygen atoms in total. The van der Waals surface area contributed by atoms with Crippen LogP contribution in [0.4, 0.5) is 0 Å². The molecule has 3 rings (SSSR count). The number of hydrogen-bond donors (Lipinski definition) is 0. The van der Waals surface area contributed by atoms with Crippen molar-refractivity contribution in [1.82, 2.24) is 4.90 Å². The van der Waals surface area contributed by atoms with Crippen LogP contribution in [0.1, 0.15) is 53.9 Å². The van der Waals surface area contributed by atoms with Crippen LogP contribution in [-0.2, 0) is 4.79 Å². The monoisotopic (exact) mass is 505 g/mol. The van der Waals surface area contributed by atoms with E-state index < -0.39 is 0 Å². The molecule has 0 amide bonds. The van der Waals surface area contributed by atoms with Crippen LogP contribution in [0.3, 0.4) is 0 Å². The average Bonchev–Trinajstić information content (AvgIpc) is 2.70. The topological polar surface area (TPSA) is 37.4 Å². The molecule has 0 aromatic heterocycles. The summed E-state index contributed by atoms with van der Waals surface area (Å²) in [5.74, 6) is 0.0753. The normalized spacial score (nSPS) is 21.2. The Kier molecular flexibility index (Phi) is 7.61. The van der Waals surface area contributed by atoms with Crippen molar-refractivity contribution in [1.29, 1.82) is 0 Å². The van der Waals surface area contributed by atoms with Crippen LogP contribution in [0.25, 0.3) is 0 Å². The molecule has 1 fully saturated rings. The van der Waals surface area contributed by atoms with Crippen LogP contribution in [0.5, 0.6) is 0 Å². The van der Waals surface area contributed by atoms with Gasteiger partial charge in [0.25, 0.3) is 0 Å². The van der Waals surface area contributed by atoms with Crippen molar-refractivity contribution in [2.24, 2.45) is 0 Å². The lowest BCUT2D eigenvalue weighted by molar-refractivity contribution is -0.109. The quantitative estimate of drug-likeness (QED) is 0.341. The lowest BCUT2D eigenvalue weighted by Crippen LogP contribution is -2.45. The lowest BCUT2D eigenvalue weighted by Gasteiger charge is -2.40. The summed E-state index contributed by atoms with van der Waals surface area (Å²) in [7, 11) is 2.10. The van der Waals surface area contributed by atoms with Crippen LogP contribution in [0.2, 0.25) is 0 Å². The molecule has 3 unspecified atom stereocenters. The highest BCUT2D eigenvalue weighted by Crippen LogP contribution is 2.31. The molecule has 5 heteroatoms. The number of likely N-dealkylation sites (tertiary alicyclic amines) is 1. The zero-order chi connectivity index (χ0) is 20.1. The number of nitrogens with zero attached hydrogens (tertiary/aromatic N) is 1. The van der Waals surface area contributed by atoms with Gasteiger partial charge >= 0.3 is 0 Å². The number of piperidine rings is 1. The highest BCUT2D eigenvalue weighted by atomic mass is 79.9. The largest absolute Gasteiger partial charge is 0.303 e. The summed E-state index contributed by atoms with van der Waals surface area (Å²) >= 11 is 6.86. The molecule has 1 aliphatic heterocycles. The van der Waals surface area contributed by atoms with Gasteiger partial charge < -0.3 is 4.79 Å². The van der Waals surface area contributed by atoms with Crippen molar-refractivity contribution in [3.63, 3.8) is 0 Å². The van der Waals surface area contributed by atoms with Crippen molar-refractivity contribution in [3.8, 4) is 0 Å². The van der Waals surface area contributed by atoms with Gasteiger partial charge in [0.05, 0.1) is 0 Å². The van der Waals surface area contributed by atoms with Crippen molar-refractivity contribution in [2.75, 3.05) is 7.05 Å². The molecule has 0 aliphatic carbocycles. The second kappa shape index (κ2) is 9.95. The average molecular weight is 507 g/mol. The van der Waals surface area contributed by atoms with E-state index in [2.05, 4.69) is 43.8 Å². The summed E-state index contributed by atoms with van der Waals surface area (Å²) in [6.07, 6.45) is 5.58. The second-order valence-electron chi connectivity index (χ2n) is 7.57. The zero-order valence-electron chi connectivity index (χ0n) is 16.0. The third kappa shape index (κ3) is 5.40. The van der Waals surface area contributed by atoms with E-state index in [0.29, 0.717) is 12.5 Å². The molecule has 0 spiro atoms. The summed E-state index contributed by atoms with van der Waals surface area (Å²) in [4.78, 5) is 26.8. The number of aldehydes is 1. The second-order valence-corrected chi connectivity index (χ2v) is 9.40. The van der Waals surface area contributed by atoms with E-state index in [9.17, 15) is 9.59 Å². The van der Waals surface area contributed by atoms with E-state index in [4.69, 9.17) is 0 Å². The first-order valence-corrected chi connectivity index (χ1v) is 11.3. The Bertz CT molecular complexity index is 804. The summed E-state index contributed by atoms with van der Waals surface area (Å²) < 4.78 is 1.99. The fourth-order valence-electron chi connectivity index (χ4n) is 4.07. The van der Waals surface area contributed by atoms with Gasteiger partial charge in [0.1, 0.15) is 6.29 Å². The van der Waals surface area contributed by atoms with Crippen LogP contribution in [-0.4, -0.2) is 36.1 Å². The maximum absolute atomic E-state index is 12.7. The first-order valence-electron chi connectivity index (χ1n) is 9.69. The number of carbonyl (C=O) groups excluding carboxylic acids is 2. The minimum Gasteiger partial charge on any atom is -0.303 e. The summed E-state index contributed by atoms with van der Waals surface area (Å²) in [5.41, 5.74) is 1.82. The van der Waals surface area contributed by atoms with Gasteiger partial charge in [-0.05, 0) is 56.1 Å². The first-order chi connectivity index (χ1) is 13.5. The number of Topliss-reactive ketones (excluding diaryl/α,β-unsaturated/α-hetero) is 1. The van der Waals surface area contributed by atoms with Gasteiger partial charge in [0.15, 0.2) is 5.78 Å². The predicted molar refractivity (Wildman–Crippen MR) is 120 cm³/mol. The van der Waals surface area contributed by atoms with Gasteiger partial charge in [-0.2, -0.15) is 0 Å². The Labute approximate surface area is 183 Å². The first kappa shape index (κ1) is 21.4. The fourth-order valence-corrected chi connectivity index (χ4v) is 4.59. The van der Waals surface area contributed by atoms with E-state index >= 15 is 0 Å². The fraction of sp³-hybridized carbons (Fsp3) is 0.391. The minimum atomic E-state index is -0.110. The molecule has 2 aromatic rings. The number of halogens is 2. The number of rotatable bonds is 7. The molecular weight excluding hydrogens is 482 g/mol. The van der Waals surface area contributed by atoms with E-state index in [1.54, 1.807) is 0 Å². The molecule has 3 atom stereocenters. The number of hydrogen-bond acceptors (Lipinski definition) is 3. The molecule has 28 heavy (non-hydrogen) atoms. The number of carbonyl (C=O) groups is 2. The van der Waals surface area contributed by atoms with E-state index in [0.717, 1.165) is 52.0 Å². The number of benzene rings is 2.